The summed E-state index contributed by atoms with van der Waals surface area (Å²) in [5, 5.41) is 89.3. The lowest BCUT2D eigenvalue weighted by atomic mass is 10.2. The first-order valence-electron chi connectivity index (χ1n) is 20.5. The van der Waals surface area contributed by atoms with Crippen molar-refractivity contribution in [1.29, 1.82) is 0 Å². The molecule has 0 unspecified atom stereocenters. The second kappa shape index (κ2) is 29.8. The standard InChI is InChI=1S/C11H14O4.2C10H12O4.C9H10O4.C8H8O4/c1-2-3-6-15-8-4-5-9(11(13)14)10(12)7-8;1-6(2)14-7-3-4-8(10(12)13)9(11)5-7;1-2-5-14-7-3-4-9(11)8(6-7)10(12)13;1-2-13-6-3-4-8(10)7(5-6)9(11)12;1-12-5-2-3-7(9)6(4-5)8(10)11/h4-5,7,12H,2-3,6H2,1H3,(H,13,14);3-6,11H,1-2H3,(H,12,13);3-4,6,11H,2,5H2,1H3,(H,12,13);3-5,10H,2H2,1H3,(H,11,12);2-4,9H,1H3,(H,10,11). The molecule has 0 fully saturated rings. The molecular formula is C48H56O20. The summed E-state index contributed by atoms with van der Waals surface area (Å²) in [7, 11) is 1.43. The van der Waals surface area contributed by atoms with Gasteiger partial charge in [0.1, 0.15) is 85.3 Å². The largest absolute Gasteiger partial charge is 0.507 e. The first-order valence-corrected chi connectivity index (χ1v) is 20.5. The van der Waals surface area contributed by atoms with Crippen LogP contribution in [0.1, 0.15) is 106 Å². The zero-order valence-corrected chi connectivity index (χ0v) is 38.0. The molecule has 20 heteroatoms. The van der Waals surface area contributed by atoms with E-state index in [0.717, 1.165) is 19.3 Å². The Balaban J connectivity index is 0.000000426. The molecule has 68 heavy (non-hydrogen) atoms. The Morgan fingerprint density at radius 2 is 0.779 bits per heavy atom. The van der Waals surface area contributed by atoms with Gasteiger partial charge in [-0.25, -0.2) is 24.0 Å². The number of aromatic carboxylic acids is 5. The van der Waals surface area contributed by atoms with Crippen molar-refractivity contribution in [3.63, 3.8) is 0 Å². The predicted molar refractivity (Wildman–Crippen MR) is 245 cm³/mol. The lowest BCUT2D eigenvalue weighted by Crippen LogP contribution is -2.06. The molecule has 0 atom stereocenters. The van der Waals surface area contributed by atoms with E-state index in [-0.39, 0.29) is 62.7 Å². The molecule has 10 N–H and O–H groups in total. The van der Waals surface area contributed by atoms with Crippen LogP contribution in [0.2, 0.25) is 0 Å². The Bertz CT molecular complexity index is 2430. The SMILES string of the molecule is CC(C)Oc1ccc(C(=O)O)c(O)c1.CCCCOc1ccc(C(=O)O)c(O)c1.CCCOc1ccc(O)c(C(=O)O)c1.CCOc1ccc(O)c(C(=O)O)c1.COc1ccc(O)c(C(=O)O)c1. The molecule has 0 saturated heterocycles. The van der Waals surface area contributed by atoms with Crippen LogP contribution >= 0.6 is 0 Å². The Labute approximate surface area is 391 Å². The first-order chi connectivity index (χ1) is 32.1. The van der Waals surface area contributed by atoms with Crippen LogP contribution in [0.4, 0.5) is 0 Å². The number of rotatable bonds is 17. The minimum Gasteiger partial charge on any atom is -0.507 e. The molecule has 5 aromatic rings. The van der Waals surface area contributed by atoms with Crippen LogP contribution in [0.25, 0.3) is 0 Å². The van der Waals surface area contributed by atoms with Crippen molar-refractivity contribution in [3.05, 3.63) is 119 Å². The van der Waals surface area contributed by atoms with Crippen molar-refractivity contribution < 1.29 is 98.7 Å². The molecule has 5 rings (SSSR count). The van der Waals surface area contributed by atoms with Gasteiger partial charge in [-0.05, 0) is 112 Å². The Morgan fingerprint density at radius 1 is 0.426 bits per heavy atom. The maximum absolute atomic E-state index is 10.6. The summed E-state index contributed by atoms with van der Waals surface area (Å²) in [6.45, 7) is 11.1. The predicted octanol–water partition coefficient (Wildman–Crippen LogP) is 8.61. The van der Waals surface area contributed by atoms with E-state index in [1.165, 1.54) is 92.0 Å². The quantitative estimate of drug-likeness (QED) is 0.0390. The molecule has 0 radical (unpaired) electrons. The fraction of sp³-hybridized carbons (Fsp3) is 0.271. The number of carbonyl (C=O) groups is 5. The normalized spacial score (nSPS) is 9.81. The van der Waals surface area contributed by atoms with E-state index < -0.39 is 29.8 Å². The molecular weight excluding hydrogens is 897 g/mol. The lowest BCUT2D eigenvalue weighted by Gasteiger charge is -2.10. The van der Waals surface area contributed by atoms with Gasteiger partial charge in [0.2, 0.25) is 0 Å². The molecule has 0 saturated carbocycles. The van der Waals surface area contributed by atoms with Crippen molar-refractivity contribution in [1.82, 2.24) is 0 Å². The van der Waals surface area contributed by atoms with Gasteiger partial charge in [-0.15, -0.1) is 0 Å². The number of benzene rings is 5. The molecule has 368 valence electrons. The van der Waals surface area contributed by atoms with Crippen LogP contribution < -0.4 is 23.7 Å². The van der Waals surface area contributed by atoms with Gasteiger partial charge in [0.05, 0.1) is 33.0 Å². The van der Waals surface area contributed by atoms with Gasteiger partial charge < -0.3 is 74.7 Å². The fourth-order valence-electron chi connectivity index (χ4n) is 4.91. The van der Waals surface area contributed by atoms with E-state index in [9.17, 15) is 39.3 Å². The van der Waals surface area contributed by atoms with Gasteiger partial charge in [-0.1, -0.05) is 20.3 Å². The van der Waals surface area contributed by atoms with Crippen molar-refractivity contribution in [2.45, 2.75) is 60.0 Å². The summed E-state index contributed by atoms with van der Waals surface area (Å²) in [6, 6.07) is 20.6. The van der Waals surface area contributed by atoms with Crippen LogP contribution in [-0.2, 0) is 0 Å². The van der Waals surface area contributed by atoms with Crippen LogP contribution in [0, 0.1) is 0 Å². The van der Waals surface area contributed by atoms with Crippen molar-refractivity contribution in [2.75, 3.05) is 26.9 Å². The number of carboxylic acids is 5. The highest BCUT2D eigenvalue weighted by Crippen LogP contribution is 2.27. The van der Waals surface area contributed by atoms with E-state index >= 15 is 0 Å². The third-order valence-corrected chi connectivity index (χ3v) is 8.15. The molecule has 0 spiro atoms. The van der Waals surface area contributed by atoms with Gasteiger partial charge in [-0.2, -0.15) is 0 Å². The molecule has 0 aliphatic carbocycles. The summed E-state index contributed by atoms with van der Waals surface area (Å²) < 4.78 is 25.7. The van der Waals surface area contributed by atoms with Gasteiger partial charge in [-0.3, -0.25) is 0 Å². The summed E-state index contributed by atoms with van der Waals surface area (Å²) >= 11 is 0. The minimum absolute atomic E-state index is 0.00919. The van der Waals surface area contributed by atoms with Gasteiger partial charge in [0.15, 0.2) is 0 Å². The minimum atomic E-state index is -1.17. The van der Waals surface area contributed by atoms with Crippen molar-refractivity contribution in [3.8, 4) is 57.5 Å². The molecule has 20 nitrogen and oxygen atoms in total. The Hall–Kier alpha value is -8.55. The van der Waals surface area contributed by atoms with Crippen molar-refractivity contribution >= 4 is 29.8 Å². The van der Waals surface area contributed by atoms with Crippen LogP contribution in [0.15, 0.2) is 91.0 Å². The number of carboxylic acid groups (broad SMARTS) is 5. The maximum Gasteiger partial charge on any atom is 0.339 e. The Kier molecular flexibility index (Phi) is 25.2. The van der Waals surface area contributed by atoms with E-state index in [2.05, 4.69) is 0 Å². The molecule has 0 amide bonds. The van der Waals surface area contributed by atoms with Crippen LogP contribution in [0.5, 0.6) is 57.5 Å². The first kappa shape index (κ1) is 57.5. The zero-order chi connectivity index (χ0) is 51.5. The van der Waals surface area contributed by atoms with E-state index in [0.29, 0.717) is 48.6 Å². The van der Waals surface area contributed by atoms with Crippen LogP contribution in [0.3, 0.4) is 0 Å². The van der Waals surface area contributed by atoms with Gasteiger partial charge >= 0.3 is 29.8 Å². The van der Waals surface area contributed by atoms with Crippen molar-refractivity contribution in [2.24, 2.45) is 0 Å². The molecule has 0 bridgehead atoms. The number of unbranched alkanes of at least 4 members (excludes halogenated alkanes) is 1. The number of methoxy groups -OCH3 is 1. The molecule has 0 aliphatic heterocycles. The second-order valence-corrected chi connectivity index (χ2v) is 13.8. The fourth-order valence-corrected chi connectivity index (χ4v) is 4.91. The summed E-state index contributed by atoms with van der Waals surface area (Å²) in [4.78, 5) is 52.8. The summed E-state index contributed by atoms with van der Waals surface area (Å²) in [6.07, 6.45) is 2.80. The monoisotopic (exact) mass is 952 g/mol. The number of ether oxygens (including phenoxy) is 5. The molecule has 5 aromatic carbocycles. The number of phenols is 5. The highest BCUT2D eigenvalue weighted by Gasteiger charge is 2.14. The second-order valence-electron chi connectivity index (χ2n) is 13.8. The third-order valence-electron chi connectivity index (χ3n) is 8.15. The topological polar surface area (TPSA) is 334 Å². The van der Waals surface area contributed by atoms with E-state index in [4.69, 9.17) is 59.4 Å². The zero-order valence-electron chi connectivity index (χ0n) is 38.0. The Morgan fingerprint density at radius 3 is 1.15 bits per heavy atom. The van der Waals surface area contributed by atoms with E-state index in [1.54, 1.807) is 13.0 Å². The number of hydrogen-bond acceptors (Lipinski definition) is 15. The van der Waals surface area contributed by atoms with Gasteiger partial charge in [0, 0.05) is 12.1 Å². The highest BCUT2D eigenvalue weighted by atomic mass is 16.5. The smallest absolute Gasteiger partial charge is 0.339 e. The summed E-state index contributed by atoms with van der Waals surface area (Å²) in [5.74, 6) is -4.85. The van der Waals surface area contributed by atoms with Crippen LogP contribution in [-0.4, -0.2) is 114 Å². The average Bonchev–Trinajstić information content (AvgIpc) is 3.27. The average molecular weight is 953 g/mol. The molecule has 0 aliphatic rings. The number of aromatic hydroxyl groups is 5. The molecule has 0 heterocycles. The highest BCUT2D eigenvalue weighted by molar-refractivity contribution is 5.93. The molecule has 0 aromatic heterocycles. The van der Waals surface area contributed by atoms with E-state index in [1.807, 2.05) is 27.7 Å². The third kappa shape index (κ3) is 20.5. The summed E-state index contributed by atoms with van der Waals surface area (Å²) in [5.41, 5.74) is -0.683. The maximum atomic E-state index is 10.6. The number of hydrogen-bond donors (Lipinski definition) is 10. The van der Waals surface area contributed by atoms with Gasteiger partial charge in [0.25, 0.3) is 0 Å². The lowest BCUT2D eigenvalue weighted by molar-refractivity contribution is 0.0682.